The van der Waals surface area contributed by atoms with Gasteiger partial charge in [-0.3, -0.25) is 9.36 Å². The molecular formula is C23H26Cl2FN7O2. The second kappa shape index (κ2) is 10.1. The first-order chi connectivity index (χ1) is 16.9. The third kappa shape index (κ3) is 5.14. The summed E-state index contributed by atoms with van der Waals surface area (Å²) in [5.74, 6) is -0.167. The molecule has 3 aromatic rings. The highest BCUT2D eigenvalue weighted by Gasteiger charge is 2.29. The molecule has 12 heteroatoms. The Bertz CT molecular complexity index is 1220. The largest absolute Gasteiger partial charge is 0.379 e. The molecule has 3 heterocycles. The number of carbonyl (C=O) groups is 1. The van der Waals surface area contributed by atoms with Gasteiger partial charge < -0.3 is 21.1 Å². The summed E-state index contributed by atoms with van der Waals surface area (Å²) in [6.07, 6.45) is 6.31. The molecule has 2 aromatic heterocycles. The van der Waals surface area contributed by atoms with Gasteiger partial charge in [0.15, 0.2) is 5.65 Å². The fraction of sp³-hybridized carbons (Fsp3) is 0.478. The molecule has 2 fully saturated rings. The van der Waals surface area contributed by atoms with Crippen molar-refractivity contribution < 1.29 is 13.9 Å². The summed E-state index contributed by atoms with van der Waals surface area (Å²) in [4.78, 5) is 25.5. The number of nitrogens with two attached hydrogens (primary N) is 1. The van der Waals surface area contributed by atoms with Crippen LogP contribution in [-0.2, 0) is 9.53 Å². The highest BCUT2D eigenvalue weighted by atomic mass is 35.5. The molecular weight excluding hydrogens is 496 g/mol. The van der Waals surface area contributed by atoms with Crippen molar-refractivity contribution >= 4 is 57.9 Å². The molecule has 0 radical (unpaired) electrons. The number of nitrogens with one attached hydrogen (secondary N) is 2. The van der Waals surface area contributed by atoms with E-state index in [0.29, 0.717) is 55.4 Å². The van der Waals surface area contributed by atoms with Crippen LogP contribution in [0.2, 0.25) is 10.0 Å². The van der Waals surface area contributed by atoms with Crippen LogP contribution >= 0.6 is 23.2 Å². The number of rotatable bonds is 6. The van der Waals surface area contributed by atoms with Gasteiger partial charge in [-0.15, -0.1) is 0 Å². The van der Waals surface area contributed by atoms with Crippen LogP contribution < -0.4 is 16.4 Å². The summed E-state index contributed by atoms with van der Waals surface area (Å²) in [5.41, 5.74) is 6.77. The van der Waals surface area contributed by atoms with Crippen LogP contribution in [-0.4, -0.2) is 44.7 Å². The van der Waals surface area contributed by atoms with Gasteiger partial charge in [-0.2, -0.15) is 4.98 Å². The number of nitrogens with zero attached hydrogens (tertiary/aromatic N) is 4. The van der Waals surface area contributed by atoms with Crippen LogP contribution in [0.1, 0.15) is 44.6 Å². The van der Waals surface area contributed by atoms with Gasteiger partial charge in [-0.05, 0) is 50.7 Å². The van der Waals surface area contributed by atoms with Crippen LogP contribution in [0.15, 0.2) is 18.3 Å². The summed E-state index contributed by atoms with van der Waals surface area (Å²) >= 11 is 12.2. The van der Waals surface area contributed by atoms with E-state index in [9.17, 15) is 9.18 Å². The molecule has 186 valence electrons. The van der Waals surface area contributed by atoms with E-state index < -0.39 is 5.82 Å². The number of hydrogen-bond acceptors (Lipinski definition) is 7. The minimum Gasteiger partial charge on any atom is -0.379 e. The van der Waals surface area contributed by atoms with Gasteiger partial charge in [0.1, 0.15) is 11.3 Å². The van der Waals surface area contributed by atoms with Gasteiger partial charge in [0.05, 0.1) is 29.6 Å². The van der Waals surface area contributed by atoms with E-state index in [1.807, 2.05) is 4.57 Å². The average Bonchev–Trinajstić information content (AvgIpc) is 3.19. The Morgan fingerprint density at radius 3 is 2.66 bits per heavy atom. The number of imidazole rings is 1. The number of primary amides is 1. The van der Waals surface area contributed by atoms with Crippen molar-refractivity contribution in [3.8, 4) is 0 Å². The van der Waals surface area contributed by atoms with Crippen molar-refractivity contribution in [2.75, 3.05) is 23.8 Å². The highest BCUT2D eigenvalue weighted by Crippen LogP contribution is 2.38. The van der Waals surface area contributed by atoms with E-state index >= 15 is 0 Å². The number of fused-ring (bicyclic) bond motifs is 1. The summed E-state index contributed by atoms with van der Waals surface area (Å²) in [6, 6.07) is 2.76. The van der Waals surface area contributed by atoms with Crippen molar-refractivity contribution in [1.82, 2.24) is 19.5 Å². The quantitative estimate of drug-likeness (QED) is 0.425. The summed E-state index contributed by atoms with van der Waals surface area (Å²) in [5, 5.41) is 6.72. The smallest absolute Gasteiger partial charge is 0.225 e. The van der Waals surface area contributed by atoms with Gasteiger partial charge >= 0.3 is 0 Å². The van der Waals surface area contributed by atoms with Crippen molar-refractivity contribution in [2.24, 2.45) is 11.7 Å². The van der Waals surface area contributed by atoms with Crippen molar-refractivity contribution in [1.29, 1.82) is 0 Å². The maximum atomic E-state index is 14.7. The van der Waals surface area contributed by atoms with E-state index in [4.69, 9.17) is 38.7 Å². The number of anilines is 3. The van der Waals surface area contributed by atoms with Gasteiger partial charge in [0.25, 0.3) is 0 Å². The molecule has 1 aromatic carbocycles. The normalized spacial score (nSPS) is 22.8. The lowest BCUT2D eigenvalue weighted by molar-refractivity contribution is -0.122. The van der Waals surface area contributed by atoms with Crippen molar-refractivity contribution in [3.63, 3.8) is 0 Å². The summed E-state index contributed by atoms with van der Waals surface area (Å²) in [6.45, 7) is 1.36. The predicted molar refractivity (Wildman–Crippen MR) is 133 cm³/mol. The Morgan fingerprint density at radius 1 is 1.17 bits per heavy atom. The van der Waals surface area contributed by atoms with Gasteiger partial charge in [-0.1, -0.05) is 23.2 Å². The first-order valence-corrected chi connectivity index (χ1v) is 12.4. The minimum absolute atomic E-state index is 0.0204. The van der Waals surface area contributed by atoms with E-state index in [1.165, 1.54) is 12.1 Å². The lowest BCUT2D eigenvalue weighted by Gasteiger charge is -2.29. The molecule has 9 nitrogen and oxygen atoms in total. The minimum atomic E-state index is -0.593. The molecule has 5 rings (SSSR count). The standard InChI is InChI=1S/C23H26Cl2FN7O2/c24-13-8-16(25)19(17(26)9-13)31-23-30-18-10-28-22(29-14-2-1-7-35-11-14)32-21(18)33(23)15-5-3-12(4-6-15)20(27)34/h8-10,12,14-15H,1-7,11H2,(H2,27,34)(H,30,31)(H,28,29,32)/t12-,14-,15+/m1/s1. The number of halogens is 3. The van der Waals surface area contributed by atoms with E-state index in [-0.39, 0.29) is 39.6 Å². The van der Waals surface area contributed by atoms with Crippen LogP contribution in [0, 0.1) is 11.7 Å². The molecule has 1 aliphatic carbocycles. The van der Waals surface area contributed by atoms with Crippen molar-refractivity contribution in [3.05, 3.63) is 34.2 Å². The lowest BCUT2D eigenvalue weighted by Crippen LogP contribution is -2.31. The maximum Gasteiger partial charge on any atom is 0.225 e. The first kappa shape index (κ1) is 24.0. The first-order valence-electron chi connectivity index (χ1n) is 11.7. The van der Waals surface area contributed by atoms with E-state index in [0.717, 1.165) is 19.4 Å². The number of amides is 1. The van der Waals surface area contributed by atoms with Gasteiger partial charge in [0, 0.05) is 23.6 Å². The Balaban J connectivity index is 1.52. The summed E-state index contributed by atoms with van der Waals surface area (Å²) in [7, 11) is 0. The predicted octanol–water partition coefficient (Wildman–Crippen LogP) is 4.82. The Kier molecular flexibility index (Phi) is 6.95. The second-order valence-electron chi connectivity index (χ2n) is 9.04. The molecule has 0 spiro atoms. The number of hydrogen-bond donors (Lipinski definition) is 3. The molecule has 35 heavy (non-hydrogen) atoms. The molecule has 1 saturated heterocycles. The number of ether oxygens (including phenoxy) is 1. The van der Waals surface area contributed by atoms with Gasteiger partial charge in [-0.25, -0.2) is 14.4 Å². The third-order valence-electron chi connectivity index (χ3n) is 6.63. The van der Waals surface area contributed by atoms with E-state index in [1.54, 1.807) is 6.20 Å². The molecule has 2 aliphatic rings. The van der Waals surface area contributed by atoms with Crippen LogP contribution in [0.4, 0.5) is 22.0 Å². The highest BCUT2D eigenvalue weighted by molar-refractivity contribution is 6.36. The van der Waals surface area contributed by atoms with E-state index in [2.05, 4.69) is 20.6 Å². The molecule has 1 saturated carbocycles. The Morgan fingerprint density at radius 2 is 1.97 bits per heavy atom. The molecule has 0 bridgehead atoms. The Labute approximate surface area is 211 Å². The Hall–Kier alpha value is -2.69. The van der Waals surface area contributed by atoms with Crippen molar-refractivity contribution in [2.45, 2.75) is 50.6 Å². The SMILES string of the molecule is NC(=O)[C@H]1CC[C@@H](n2c(Nc3c(F)cc(Cl)cc3Cl)nc3cnc(N[C@@H]4CCCOC4)nc32)CC1. The topological polar surface area (TPSA) is 120 Å². The number of benzene rings is 1. The molecule has 0 unspecified atom stereocenters. The van der Waals surface area contributed by atoms with Crippen LogP contribution in [0.25, 0.3) is 11.2 Å². The third-order valence-corrected chi connectivity index (χ3v) is 7.15. The zero-order valence-corrected chi connectivity index (χ0v) is 20.4. The fourth-order valence-electron chi connectivity index (χ4n) is 4.82. The van der Waals surface area contributed by atoms with Crippen LogP contribution in [0.5, 0.6) is 0 Å². The zero-order chi connectivity index (χ0) is 24.5. The second-order valence-corrected chi connectivity index (χ2v) is 9.89. The van der Waals surface area contributed by atoms with Gasteiger partial charge in [0.2, 0.25) is 17.8 Å². The molecule has 1 amide bonds. The zero-order valence-electron chi connectivity index (χ0n) is 18.9. The molecule has 1 aliphatic heterocycles. The lowest BCUT2D eigenvalue weighted by atomic mass is 9.85. The number of aromatic nitrogens is 4. The molecule has 4 N–H and O–H groups in total. The monoisotopic (exact) mass is 521 g/mol. The molecule has 1 atom stereocenters. The average molecular weight is 522 g/mol. The van der Waals surface area contributed by atoms with Crippen LogP contribution in [0.3, 0.4) is 0 Å². The maximum absolute atomic E-state index is 14.7. The number of carbonyl (C=O) groups excluding carboxylic acids is 1. The fourth-order valence-corrected chi connectivity index (χ4v) is 5.34. The summed E-state index contributed by atoms with van der Waals surface area (Å²) < 4.78 is 22.2.